The lowest BCUT2D eigenvalue weighted by Crippen LogP contribution is -2.28. The third kappa shape index (κ3) is 4.38. The van der Waals surface area contributed by atoms with E-state index in [1.807, 2.05) is 52.7 Å². The minimum atomic E-state index is -0.0984. The number of hydrogen-bond acceptors (Lipinski definition) is 4. The molecule has 4 nitrogen and oxygen atoms in total. The molecule has 0 unspecified atom stereocenters. The molecule has 148 valence electrons. The SMILES string of the molecule is Cc1ccc(N2C(=O)CS[C@@H]2c2cccc(NC(=O)Cc3cccs3)c2)cc1C. The van der Waals surface area contributed by atoms with Gasteiger partial charge in [-0.15, -0.1) is 23.1 Å². The Morgan fingerprint density at radius 1 is 1.10 bits per heavy atom. The van der Waals surface area contributed by atoms with Gasteiger partial charge < -0.3 is 5.32 Å². The smallest absolute Gasteiger partial charge is 0.238 e. The maximum absolute atomic E-state index is 12.6. The average Bonchev–Trinajstić information content (AvgIpc) is 3.34. The molecular formula is C23H22N2O2S2. The molecule has 6 heteroatoms. The first-order valence-electron chi connectivity index (χ1n) is 9.44. The van der Waals surface area contributed by atoms with Crippen LogP contribution in [0, 0.1) is 13.8 Å². The van der Waals surface area contributed by atoms with Gasteiger partial charge in [-0.05, 0) is 66.2 Å². The Kier molecular flexibility index (Phi) is 5.74. The van der Waals surface area contributed by atoms with Gasteiger partial charge in [0.05, 0.1) is 12.2 Å². The third-order valence-electron chi connectivity index (χ3n) is 5.01. The van der Waals surface area contributed by atoms with E-state index in [0.29, 0.717) is 12.2 Å². The Morgan fingerprint density at radius 2 is 1.97 bits per heavy atom. The van der Waals surface area contributed by atoms with Crippen molar-refractivity contribution >= 4 is 46.3 Å². The lowest BCUT2D eigenvalue weighted by molar-refractivity contribution is -0.116. The van der Waals surface area contributed by atoms with Gasteiger partial charge in [-0.3, -0.25) is 14.5 Å². The first-order valence-corrected chi connectivity index (χ1v) is 11.4. The number of aryl methyl sites for hydroxylation is 2. The number of benzene rings is 2. The number of hydrogen-bond donors (Lipinski definition) is 1. The first-order chi connectivity index (χ1) is 14.0. The Labute approximate surface area is 178 Å². The molecule has 1 aromatic heterocycles. The molecule has 1 saturated heterocycles. The summed E-state index contributed by atoms with van der Waals surface area (Å²) in [5.41, 5.74) is 5.05. The predicted molar refractivity (Wildman–Crippen MR) is 122 cm³/mol. The summed E-state index contributed by atoms with van der Waals surface area (Å²) in [7, 11) is 0. The second-order valence-corrected chi connectivity index (χ2v) is 9.23. The Bertz CT molecular complexity index is 1050. The van der Waals surface area contributed by atoms with E-state index in [2.05, 4.69) is 31.3 Å². The van der Waals surface area contributed by atoms with Crippen molar-refractivity contribution in [2.45, 2.75) is 25.6 Å². The molecule has 1 N–H and O–H groups in total. The Hall–Kier alpha value is -2.57. The van der Waals surface area contributed by atoms with Crippen molar-refractivity contribution in [2.75, 3.05) is 16.0 Å². The second kappa shape index (κ2) is 8.43. The van der Waals surface area contributed by atoms with Crippen LogP contribution >= 0.6 is 23.1 Å². The van der Waals surface area contributed by atoms with E-state index < -0.39 is 0 Å². The van der Waals surface area contributed by atoms with Gasteiger partial charge >= 0.3 is 0 Å². The minimum Gasteiger partial charge on any atom is -0.326 e. The van der Waals surface area contributed by atoms with Crippen LogP contribution in [0.3, 0.4) is 0 Å². The highest BCUT2D eigenvalue weighted by molar-refractivity contribution is 8.00. The number of amides is 2. The highest BCUT2D eigenvalue weighted by Gasteiger charge is 2.34. The number of carbonyl (C=O) groups excluding carboxylic acids is 2. The number of carbonyl (C=O) groups is 2. The van der Waals surface area contributed by atoms with Crippen LogP contribution in [0.25, 0.3) is 0 Å². The maximum Gasteiger partial charge on any atom is 0.238 e. The molecule has 3 aromatic rings. The second-order valence-electron chi connectivity index (χ2n) is 7.13. The van der Waals surface area contributed by atoms with E-state index in [9.17, 15) is 9.59 Å². The lowest BCUT2D eigenvalue weighted by Gasteiger charge is -2.25. The van der Waals surface area contributed by atoms with Gasteiger partial charge in [0.25, 0.3) is 0 Å². The molecule has 2 amide bonds. The summed E-state index contributed by atoms with van der Waals surface area (Å²) in [6.45, 7) is 4.13. The molecule has 1 aliphatic rings. The highest BCUT2D eigenvalue weighted by Crippen LogP contribution is 2.42. The zero-order valence-corrected chi connectivity index (χ0v) is 18.0. The molecule has 0 saturated carbocycles. The Morgan fingerprint density at radius 3 is 2.72 bits per heavy atom. The molecule has 0 radical (unpaired) electrons. The minimum absolute atomic E-state index is 0.0363. The summed E-state index contributed by atoms with van der Waals surface area (Å²) in [6, 6.07) is 17.8. The van der Waals surface area contributed by atoms with E-state index in [0.717, 1.165) is 21.8 Å². The van der Waals surface area contributed by atoms with E-state index in [4.69, 9.17) is 0 Å². The van der Waals surface area contributed by atoms with E-state index >= 15 is 0 Å². The molecule has 1 fully saturated rings. The van der Waals surface area contributed by atoms with Gasteiger partial charge in [0, 0.05) is 16.3 Å². The molecule has 0 spiro atoms. The normalized spacial score (nSPS) is 16.3. The van der Waals surface area contributed by atoms with Gasteiger partial charge in [0.2, 0.25) is 11.8 Å². The van der Waals surface area contributed by atoms with Crippen LogP contribution in [0.2, 0.25) is 0 Å². The van der Waals surface area contributed by atoms with Crippen molar-refractivity contribution < 1.29 is 9.59 Å². The molecule has 1 aliphatic heterocycles. The number of nitrogens with one attached hydrogen (secondary N) is 1. The summed E-state index contributed by atoms with van der Waals surface area (Å²) in [5, 5.41) is 4.85. The first kappa shape index (κ1) is 19.7. The number of thiophene rings is 1. The fraction of sp³-hybridized carbons (Fsp3) is 0.217. The van der Waals surface area contributed by atoms with Gasteiger partial charge in [0.15, 0.2) is 0 Å². The Balaban J connectivity index is 1.55. The standard InChI is InChI=1S/C23H22N2O2S2/c1-15-8-9-19(11-16(15)2)25-22(27)14-29-23(25)17-5-3-6-18(12-17)24-21(26)13-20-7-4-10-28-20/h3-12,23H,13-14H2,1-2H3,(H,24,26)/t23-/m1/s1. The zero-order valence-electron chi connectivity index (χ0n) is 16.3. The van der Waals surface area contributed by atoms with E-state index in [1.165, 1.54) is 11.1 Å². The van der Waals surface area contributed by atoms with Crippen LogP contribution in [0.5, 0.6) is 0 Å². The number of thioether (sulfide) groups is 1. The number of anilines is 2. The monoisotopic (exact) mass is 422 g/mol. The topological polar surface area (TPSA) is 49.4 Å². The molecule has 4 rings (SSSR count). The summed E-state index contributed by atoms with van der Waals surface area (Å²) in [4.78, 5) is 27.9. The lowest BCUT2D eigenvalue weighted by atomic mass is 10.1. The third-order valence-corrected chi connectivity index (χ3v) is 7.10. The average molecular weight is 423 g/mol. The van der Waals surface area contributed by atoms with Gasteiger partial charge in [-0.25, -0.2) is 0 Å². The quantitative estimate of drug-likeness (QED) is 0.605. The van der Waals surface area contributed by atoms with E-state index in [-0.39, 0.29) is 17.2 Å². The summed E-state index contributed by atoms with van der Waals surface area (Å²) < 4.78 is 0. The van der Waals surface area contributed by atoms with Crippen LogP contribution in [0.1, 0.15) is 26.9 Å². The van der Waals surface area contributed by atoms with Crippen molar-refractivity contribution in [3.63, 3.8) is 0 Å². The molecular weight excluding hydrogens is 400 g/mol. The summed E-state index contributed by atoms with van der Waals surface area (Å²) in [6.07, 6.45) is 0.368. The van der Waals surface area contributed by atoms with Gasteiger partial charge in [0.1, 0.15) is 5.37 Å². The predicted octanol–water partition coefficient (Wildman–Crippen LogP) is 5.32. The molecule has 2 heterocycles. The van der Waals surface area contributed by atoms with Crippen LogP contribution < -0.4 is 10.2 Å². The fourth-order valence-corrected chi connectivity index (χ4v) is 5.24. The van der Waals surface area contributed by atoms with Crippen LogP contribution in [-0.4, -0.2) is 17.6 Å². The molecule has 1 atom stereocenters. The fourth-order valence-electron chi connectivity index (χ4n) is 3.37. The van der Waals surface area contributed by atoms with Crippen LogP contribution in [0.15, 0.2) is 60.0 Å². The van der Waals surface area contributed by atoms with Crippen molar-refractivity contribution in [1.29, 1.82) is 0 Å². The van der Waals surface area contributed by atoms with Crippen LogP contribution in [-0.2, 0) is 16.0 Å². The molecule has 0 bridgehead atoms. The summed E-state index contributed by atoms with van der Waals surface area (Å²) >= 11 is 3.19. The van der Waals surface area contributed by atoms with Crippen molar-refractivity contribution in [1.82, 2.24) is 0 Å². The van der Waals surface area contributed by atoms with Crippen LogP contribution in [0.4, 0.5) is 11.4 Å². The molecule has 2 aromatic carbocycles. The highest BCUT2D eigenvalue weighted by atomic mass is 32.2. The molecule has 29 heavy (non-hydrogen) atoms. The number of nitrogens with zero attached hydrogens (tertiary/aromatic N) is 1. The largest absolute Gasteiger partial charge is 0.326 e. The van der Waals surface area contributed by atoms with Crippen molar-refractivity contribution in [2.24, 2.45) is 0 Å². The van der Waals surface area contributed by atoms with E-state index in [1.54, 1.807) is 23.1 Å². The zero-order chi connectivity index (χ0) is 20.4. The van der Waals surface area contributed by atoms with Gasteiger partial charge in [-0.2, -0.15) is 0 Å². The summed E-state index contributed by atoms with van der Waals surface area (Å²) in [5.74, 6) is 0.521. The maximum atomic E-state index is 12.6. The number of rotatable bonds is 5. The van der Waals surface area contributed by atoms with Gasteiger partial charge in [-0.1, -0.05) is 24.3 Å². The van der Waals surface area contributed by atoms with Crippen molar-refractivity contribution in [3.05, 3.63) is 81.5 Å². The molecule has 0 aliphatic carbocycles. The van der Waals surface area contributed by atoms with Crippen molar-refractivity contribution in [3.8, 4) is 0 Å².